The first-order chi connectivity index (χ1) is 7.06. The third kappa shape index (κ3) is 3.10. The van der Waals surface area contributed by atoms with E-state index in [0.717, 1.165) is 0 Å². The fourth-order valence-corrected chi connectivity index (χ4v) is 1.81. The number of Topliss-reactive ketones (excluding diaryl/α,β-unsaturated/α-hetero) is 1. The Morgan fingerprint density at radius 2 is 2.13 bits per heavy atom. The van der Waals surface area contributed by atoms with Crippen molar-refractivity contribution in [2.24, 2.45) is 0 Å². The molecule has 0 aromatic heterocycles. The molecule has 0 saturated carbocycles. The molecule has 0 heterocycles. The Balaban J connectivity index is 3.07. The van der Waals surface area contributed by atoms with E-state index in [1.54, 1.807) is 6.07 Å². The Bertz CT molecular complexity index is 406. The van der Waals surface area contributed by atoms with E-state index in [-0.39, 0.29) is 11.5 Å². The highest BCUT2D eigenvalue weighted by atomic mass is 79.9. The summed E-state index contributed by atoms with van der Waals surface area (Å²) in [6.07, 6.45) is 0.332. The predicted octanol–water partition coefficient (Wildman–Crippen LogP) is 3.33. The maximum absolute atomic E-state index is 11.5. The van der Waals surface area contributed by atoms with Gasteiger partial charge < -0.3 is 0 Å². The number of nitro groups is 1. The van der Waals surface area contributed by atoms with E-state index >= 15 is 0 Å². The van der Waals surface area contributed by atoms with Crippen LogP contribution in [-0.4, -0.2) is 16.0 Å². The lowest BCUT2D eigenvalue weighted by atomic mass is 10.1. The van der Waals surface area contributed by atoms with Crippen LogP contribution in [0.1, 0.15) is 16.8 Å². The third-order valence-electron chi connectivity index (χ3n) is 1.79. The molecule has 0 unspecified atom stereocenters. The number of halogens is 2. The van der Waals surface area contributed by atoms with Crippen molar-refractivity contribution >= 4 is 43.3 Å². The second kappa shape index (κ2) is 5.37. The molecule has 0 aliphatic heterocycles. The summed E-state index contributed by atoms with van der Waals surface area (Å²) in [4.78, 5) is 21.6. The molecule has 0 N–H and O–H groups in total. The SMILES string of the molecule is O=C(CCBr)c1ccc(Br)c([N+](=O)[O-])c1. The van der Waals surface area contributed by atoms with Crippen LogP contribution in [0.2, 0.25) is 0 Å². The molecule has 1 aromatic carbocycles. The van der Waals surface area contributed by atoms with Gasteiger partial charge in [0.15, 0.2) is 5.78 Å². The molecule has 6 heteroatoms. The number of hydrogen-bond acceptors (Lipinski definition) is 3. The highest BCUT2D eigenvalue weighted by Gasteiger charge is 2.15. The van der Waals surface area contributed by atoms with Gasteiger partial charge in [0, 0.05) is 23.4 Å². The Hall–Kier alpha value is -0.750. The second-order valence-corrected chi connectivity index (χ2v) is 4.43. The second-order valence-electron chi connectivity index (χ2n) is 2.79. The molecule has 15 heavy (non-hydrogen) atoms. The smallest absolute Gasteiger partial charge is 0.284 e. The summed E-state index contributed by atoms with van der Waals surface area (Å²) < 4.78 is 0.378. The largest absolute Gasteiger partial charge is 0.294 e. The Morgan fingerprint density at radius 1 is 1.47 bits per heavy atom. The molecule has 1 rings (SSSR count). The van der Waals surface area contributed by atoms with Crippen molar-refractivity contribution in [1.29, 1.82) is 0 Å². The number of nitro benzene ring substituents is 1. The number of hydrogen-bond donors (Lipinski definition) is 0. The highest BCUT2D eigenvalue weighted by Crippen LogP contribution is 2.26. The van der Waals surface area contributed by atoms with Crippen LogP contribution < -0.4 is 0 Å². The lowest BCUT2D eigenvalue weighted by molar-refractivity contribution is -0.385. The minimum atomic E-state index is -0.519. The van der Waals surface area contributed by atoms with Gasteiger partial charge in [0.05, 0.1) is 9.40 Å². The van der Waals surface area contributed by atoms with Crippen molar-refractivity contribution in [3.63, 3.8) is 0 Å². The van der Waals surface area contributed by atoms with Gasteiger partial charge in [-0.2, -0.15) is 0 Å². The Morgan fingerprint density at radius 3 is 2.67 bits per heavy atom. The zero-order valence-corrected chi connectivity index (χ0v) is 10.7. The van der Waals surface area contributed by atoms with E-state index in [1.165, 1.54) is 12.1 Å². The quantitative estimate of drug-likeness (QED) is 0.367. The van der Waals surface area contributed by atoms with Gasteiger partial charge in [-0.25, -0.2) is 0 Å². The van der Waals surface area contributed by atoms with Crippen molar-refractivity contribution in [1.82, 2.24) is 0 Å². The first kappa shape index (κ1) is 12.3. The number of nitrogens with zero attached hydrogens (tertiary/aromatic N) is 1. The summed E-state index contributed by atoms with van der Waals surface area (Å²) in [6, 6.07) is 4.37. The monoisotopic (exact) mass is 335 g/mol. The highest BCUT2D eigenvalue weighted by molar-refractivity contribution is 9.10. The summed E-state index contributed by atoms with van der Waals surface area (Å²) in [5.74, 6) is -0.109. The van der Waals surface area contributed by atoms with E-state index in [4.69, 9.17) is 0 Å². The first-order valence-corrected chi connectivity index (χ1v) is 6.01. The van der Waals surface area contributed by atoms with Crippen molar-refractivity contribution in [3.8, 4) is 0 Å². The summed E-state index contributed by atoms with van der Waals surface area (Å²) in [6.45, 7) is 0. The molecule has 80 valence electrons. The van der Waals surface area contributed by atoms with Crippen molar-refractivity contribution in [2.75, 3.05) is 5.33 Å². The van der Waals surface area contributed by atoms with Gasteiger partial charge in [0.2, 0.25) is 0 Å². The van der Waals surface area contributed by atoms with E-state index in [2.05, 4.69) is 31.9 Å². The average Bonchev–Trinajstić information content (AvgIpc) is 2.18. The standard InChI is InChI=1S/C9H7Br2NO3/c10-4-3-9(13)6-1-2-7(11)8(5-6)12(14)15/h1-2,5H,3-4H2. The van der Waals surface area contributed by atoms with Crippen molar-refractivity contribution in [2.45, 2.75) is 6.42 Å². The van der Waals surface area contributed by atoms with E-state index in [9.17, 15) is 14.9 Å². The molecule has 0 saturated heterocycles. The van der Waals surface area contributed by atoms with Gasteiger partial charge in [0.25, 0.3) is 5.69 Å². The molecule has 0 aliphatic rings. The molecule has 0 aliphatic carbocycles. The van der Waals surface area contributed by atoms with Gasteiger partial charge >= 0.3 is 0 Å². The molecule has 0 amide bonds. The summed E-state index contributed by atoms with van der Waals surface area (Å²) >= 11 is 6.20. The Labute approximate surface area is 103 Å². The number of carbonyl (C=O) groups is 1. The van der Waals surface area contributed by atoms with E-state index in [0.29, 0.717) is 21.8 Å². The van der Waals surface area contributed by atoms with Crippen LogP contribution >= 0.6 is 31.9 Å². The zero-order valence-electron chi connectivity index (χ0n) is 7.57. The maximum atomic E-state index is 11.5. The van der Waals surface area contributed by atoms with Gasteiger partial charge in [-0.1, -0.05) is 15.9 Å². The fourth-order valence-electron chi connectivity index (χ4n) is 1.06. The molecule has 0 spiro atoms. The molecular formula is C9H7Br2NO3. The fraction of sp³-hybridized carbons (Fsp3) is 0.222. The molecule has 0 fully saturated rings. The maximum Gasteiger partial charge on any atom is 0.284 e. The van der Waals surface area contributed by atoms with Gasteiger partial charge in [-0.15, -0.1) is 0 Å². The van der Waals surface area contributed by atoms with Crippen LogP contribution in [-0.2, 0) is 0 Å². The average molecular weight is 337 g/mol. The lowest BCUT2D eigenvalue weighted by Gasteiger charge is -2.00. The molecule has 0 bridgehead atoms. The number of benzene rings is 1. The van der Waals surface area contributed by atoms with Crippen LogP contribution in [0.15, 0.2) is 22.7 Å². The molecule has 1 aromatic rings. The normalized spacial score (nSPS) is 10.0. The molecule has 0 radical (unpaired) electrons. The topological polar surface area (TPSA) is 60.2 Å². The van der Waals surface area contributed by atoms with Crippen LogP contribution in [0.25, 0.3) is 0 Å². The molecule has 0 atom stereocenters. The third-order valence-corrected chi connectivity index (χ3v) is 2.85. The zero-order chi connectivity index (χ0) is 11.4. The van der Waals surface area contributed by atoms with E-state index < -0.39 is 4.92 Å². The summed E-state index contributed by atoms with van der Waals surface area (Å²) in [7, 11) is 0. The van der Waals surface area contributed by atoms with Crippen LogP contribution in [0, 0.1) is 10.1 Å². The van der Waals surface area contributed by atoms with Crippen molar-refractivity contribution < 1.29 is 9.72 Å². The minimum absolute atomic E-state index is 0.0876. The minimum Gasteiger partial charge on any atom is -0.294 e. The lowest BCUT2D eigenvalue weighted by Crippen LogP contribution is -2.01. The first-order valence-electron chi connectivity index (χ1n) is 4.09. The molecule has 4 nitrogen and oxygen atoms in total. The van der Waals surface area contributed by atoms with E-state index in [1.807, 2.05) is 0 Å². The number of alkyl halides is 1. The summed E-state index contributed by atoms with van der Waals surface area (Å²) in [5, 5.41) is 11.2. The number of ketones is 1. The van der Waals surface area contributed by atoms with Crippen molar-refractivity contribution in [3.05, 3.63) is 38.3 Å². The van der Waals surface area contributed by atoms with Gasteiger partial charge in [-0.3, -0.25) is 14.9 Å². The number of carbonyl (C=O) groups excluding carboxylic acids is 1. The van der Waals surface area contributed by atoms with Crippen LogP contribution in [0.5, 0.6) is 0 Å². The van der Waals surface area contributed by atoms with Gasteiger partial charge in [-0.05, 0) is 28.1 Å². The molecular weight excluding hydrogens is 330 g/mol. The predicted molar refractivity (Wildman–Crippen MR) is 63.5 cm³/mol. The van der Waals surface area contributed by atoms with Crippen LogP contribution in [0.3, 0.4) is 0 Å². The van der Waals surface area contributed by atoms with Crippen LogP contribution in [0.4, 0.5) is 5.69 Å². The Kier molecular flexibility index (Phi) is 4.41. The van der Waals surface area contributed by atoms with Gasteiger partial charge in [0.1, 0.15) is 0 Å². The number of rotatable bonds is 4. The summed E-state index contributed by atoms with van der Waals surface area (Å²) in [5.41, 5.74) is 0.278.